The Hall–Kier alpha value is -0.900. The molecule has 1 aromatic carbocycles. The Morgan fingerprint density at radius 3 is 2.70 bits per heavy atom. The van der Waals surface area contributed by atoms with Gasteiger partial charge in [-0.3, -0.25) is 4.79 Å². The highest BCUT2D eigenvalue weighted by Gasteiger charge is 2.31. The van der Waals surface area contributed by atoms with Gasteiger partial charge in [-0.25, -0.2) is 4.39 Å². The molecule has 1 aliphatic carbocycles. The number of nitrogens with one attached hydrogen (secondary N) is 1. The van der Waals surface area contributed by atoms with Crippen LogP contribution in [0.5, 0.6) is 0 Å². The highest BCUT2D eigenvalue weighted by molar-refractivity contribution is 9.09. The van der Waals surface area contributed by atoms with E-state index < -0.39 is 0 Å². The lowest BCUT2D eigenvalue weighted by Crippen LogP contribution is -2.40. The summed E-state index contributed by atoms with van der Waals surface area (Å²) in [5.41, 5.74) is 1.40. The Morgan fingerprint density at radius 1 is 1.35 bits per heavy atom. The number of aryl methyl sites for hydroxylation is 1. The fraction of sp³-hybridized carbons (Fsp3) is 0.562. The molecule has 2 rings (SSSR count). The van der Waals surface area contributed by atoms with Crippen molar-refractivity contribution in [3.8, 4) is 0 Å². The summed E-state index contributed by atoms with van der Waals surface area (Å²) in [4.78, 5) is 12.2. The zero-order valence-corrected chi connectivity index (χ0v) is 13.4. The standard InChI is InChI=1S/C16H21BrFNO/c1-12-5-6-13(18)9-14(12)15(20)19-11-16(10-17)7-3-2-4-8-16/h5-6,9H,2-4,7-8,10-11H2,1H3,(H,19,20). The van der Waals surface area contributed by atoms with E-state index in [9.17, 15) is 9.18 Å². The van der Waals surface area contributed by atoms with Crippen LogP contribution in [-0.2, 0) is 0 Å². The molecule has 110 valence electrons. The van der Waals surface area contributed by atoms with Crippen molar-refractivity contribution >= 4 is 21.8 Å². The van der Waals surface area contributed by atoms with Crippen LogP contribution in [-0.4, -0.2) is 17.8 Å². The quantitative estimate of drug-likeness (QED) is 0.816. The van der Waals surface area contributed by atoms with Gasteiger partial charge in [-0.15, -0.1) is 0 Å². The molecule has 1 fully saturated rings. The minimum absolute atomic E-state index is 0.162. The second kappa shape index (κ2) is 6.70. The Bertz CT molecular complexity index is 483. The highest BCUT2D eigenvalue weighted by atomic mass is 79.9. The second-order valence-electron chi connectivity index (χ2n) is 5.84. The summed E-state index contributed by atoms with van der Waals surface area (Å²) in [6.07, 6.45) is 6.01. The molecule has 0 bridgehead atoms. The lowest BCUT2D eigenvalue weighted by Gasteiger charge is -2.35. The Kier molecular flexibility index (Phi) is 5.19. The lowest BCUT2D eigenvalue weighted by atomic mass is 9.75. The first kappa shape index (κ1) is 15.5. The summed E-state index contributed by atoms with van der Waals surface area (Å²) >= 11 is 3.59. The van der Waals surface area contributed by atoms with Crippen LogP contribution in [0.3, 0.4) is 0 Å². The molecule has 1 aliphatic rings. The van der Waals surface area contributed by atoms with Gasteiger partial charge in [-0.05, 0) is 42.9 Å². The molecule has 0 spiro atoms. The van der Waals surface area contributed by atoms with Crippen molar-refractivity contribution in [1.82, 2.24) is 5.32 Å². The molecule has 0 aliphatic heterocycles. The van der Waals surface area contributed by atoms with Gasteiger partial charge in [-0.1, -0.05) is 41.3 Å². The van der Waals surface area contributed by atoms with Crippen LogP contribution in [0, 0.1) is 18.2 Å². The van der Waals surface area contributed by atoms with Crippen molar-refractivity contribution < 1.29 is 9.18 Å². The summed E-state index contributed by atoms with van der Waals surface area (Å²) in [6, 6.07) is 4.34. The summed E-state index contributed by atoms with van der Waals surface area (Å²) in [7, 11) is 0. The first-order chi connectivity index (χ1) is 9.56. The largest absolute Gasteiger partial charge is 0.351 e. The molecule has 2 nitrogen and oxygen atoms in total. The number of carbonyl (C=O) groups is 1. The highest BCUT2D eigenvalue weighted by Crippen LogP contribution is 2.37. The molecule has 1 amide bonds. The smallest absolute Gasteiger partial charge is 0.251 e. The van der Waals surface area contributed by atoms with Crippen LogP contribution in [0.2, 0.25) is 0 Å². The van der Waals surface area contributed by atoms with Gasteiger partial charge in [0, 0.05) is 17.4 Å². The van der Waals surface area contributed by atoms with E-state index in [0.29, 0.717) is 12.1 Å². The molecule has 1 N–H and O–H groups in total. The average Bonchev–Trinajstić information content (AvgIpc) is 2.48. The van der Waals surface area contributed by atoms with Crippen LogP contribution >= 0.6 is 15.9 Å². The summed E-state index contributed by atoms with van der Waals surface area (Å²) in [5.74, 6) is -0.540. The molecule has 0 unspecified atom stereocenters. The van der Waals surface area contributed by atoms with Crippen molar-refractivity contribution in [2.45, 2.75) is 39.0 Å². The molecule has 1 saturated carbocycles. The van der Waals surface area contributed by atoms with E-state index in [1.807, 2.05) is 6.92 Å². The van der Waals surface area contributed by atoms with E-state index in [4.69, 9.17) is 0 Å². The maximum atomic E-state index is 13.3. The number of rotatable bonds is 4. The maximum absolute atomic E-state index is 13.3. The number of carbonyl (C=O) groups excluding carboxylic acids is 1. The zero-order valence-electron chi connectivity index (χ0n) is 11.8. The third-order valence-electron chi connectivity index (χ3n) is 4.27. The van der Waals surface area contributed by atoms with E-state index in [0.717, 1.165) is 23.7 Å². The van der Waals surface area contributed by atoms with Crippen LogP contribution in [0.15, 0.2) is 18.2 Å². The molecule has 0 saturated heterocycles. The predicted octanol–water partition coefficient (Wildman–Crippen LogP) is 4.21. The molecule has 20 heavy (non-hydrogen) atoms. The van der Waals surface area contributed by atoms with Crippen LogP contribution in [0.1, 0.15) is 48.0 Å². The Labute approximate surface area is 128 Å². The molecule has 0 heterocycles. The van der Waals surface area contributed by atoms with E-state index in [2.05, 4.69) is 21.2 Å². The summed E-state index contributed by atoms with van der Waals surface area (Å²) in [5, 5.41) is 3.90. The predicted molar refractivity (Wildman–Crippen MR) is 82.8 cm³/mol. The van der Waals surface area contributed by atoms with Gasteiger partial charge in [0.05, 0.1) is 0 Å². The molecule has 0 aromatic heterocycles. The Balaban J connectivity index is 2.02. The van der Waals surface area contributed by atoms with Gasteiger partial charge in [0.2, 0.25) is 0 Å². The molecule has 1 aromatic rings. The Morgan fingerprint density at radius 2 is 2.05 bits per heavy atom. The van der Waals surface area contributed by atoms with Crippen molar-refractivity contribution in [3.05, 3.63) is 35.1 Å². The van der Waals surface area contributed by atoms with Crippen LogP contribution < -0.4 is 5.32 Å². The summed E-state index contributed by atoms with van der Waals surface area (Å²) in [6.45, 7) is 2.49. The topological polar surface area (TPSA) is 29.1 Å². The van der Waals surface area contributed by atoms with Crippen LogP contribution in [0.25, 0.3) is 0 Å². The van der Waals surface area contributed by atoms with Gasteiger partial charge >= 0.3 is 0 Å². The van der Waals surface area contributed by atoms with E-state index in [1.165, 1.54) is 31.4 Å². The van der Waals surface area contributed by atoms with Crippen molar-refractivity contribution in [1.29, 1.82) is 0 Å². The van der Waals surface area contributed by atoms with Crippen LogP contribution in [0.4, 0.5) is 4.39 Å². The third-order valence-corrected chi connectivity index (χ3v) is 5.46. The maximum Gasteiger partial charge on any atom is 0.251 e. The van der Waals surface area contributed by atoms with Gasteiger partial charge < -0.3 is 5.32 Å². The van der Waals surface area contributed by atoms with E-state index in [-0.39, 0.29) is 17.1 Å². The number of benzene rings is 1. The number of hydrogen-bond acceptors (Lipinski definition) is 1. The normalized spacial score (nSPS) is 17.8. The van der Waals surface area contributed by atoms with E-state index >= 15 is 0 Å². The van der Waals surface area contributed by atoms with Crippen molar-refractivity contribution in [2.24, 2.45) is 5.41 Å². The van der Waals surface area contributed by atoms with Crippen molar-refractivity contribution in [2.75, 3.05) is 11.9 Å². The first-order valence-corrected chi connectivity index (χ1v) is 8.29. The SMILES string of the molecule is Cc1ccc(F)cc1C(=O)NCC1(CBr)CCCCC1. The molecule has 4 heteroatoms. The first-order valence-electron chi connectivity index (χ1n) is 7.17. The lowest BCUT2D eigenvalue weighted by molar-refractivity contribution is 0.0921. The number of hydrogen-bond donors (Lipinski definition) is 1. The fourth-order valence-corrected chi connectivity index (χ4v) is 3.62. The van der Waals surface area contributed by atoms with Gasteiger partial charge in [-0.2, -0.15) is 0 Å². The zero-order chi connectivity index (χ0) is 14.6. The van der Waals surface area contributed by atoms with Gasteiger partial charge in [0.15, 0.2) is 0 Å². The van der Waals surface area contributed by atoms with E-state index in [1.54, 1.807) is 6.07 Å². The molecule has 0 radical (unpaired) electrons. The molecular formula is C16H21BrFNO. The second-order valence-corrected chi connectivity index (χ2v) is 6.40. The molecule has 0 atom stereocenters. The minimum atomic E-state index is -0.367. The number of amides is 1. The monoisotopic (exact) mass is 341 g/mol. The fourth-order valence-electron chi connectivity index (χ4n) is 2.86. The minimum Gasteiger partial charge on any atom is -0.351 e. The average molecular weight is 342 g/mol. The third kappa shape index (κ3) is 3.60. The van der Waals surface area contributed by atoms with Gasteiger partial charge in [0.25, 0.3) is 5.91 Å². The van der Waals surface area contributed by atoms with Crippen molar-refractivity contribution in [3.63, 3.8) is 0 Å². The molecular weight excluding hydrogens is 321 g/mol. The summed E-state index contributed by atoms with van der Waals surface area (Å²) < 4.78 is 13.3. The number of alkyl halides is 1. The van der Waals surface area contributed by atoms with Gasteiger partial charge in [0.1, 0.15) is 5.82 Å². The number of halogens is 2.